The lowest BCUT2D eigenvalue weighted by Gasteiger charge is -2.36. The van der Waals surface area contributed by atoms with E-state index >= 15 is 0 Å². The van der Waals surface area contributed by atoms with Crippen molar-refractivity contribution in [1.82, 2.24) is 10.2 Å². The number of hydrogen-bond donors (Lipinski definition) is 1. The van der Waals surface area contributed by atoms with Crippen molar-refractivity contribution in [2.24, 2.45) is 0 Å². The van der Waals surface area contributed by atoms with Gasteiger partial charge in [-0.2, -0.15) is 0 Å². The Hall–Kier alpha value is -2.12. The largest absolute Gasteiger partial charge is 0.465 e. The molecular weight excluding hydrogens is 312 g/mol. The summed E-state index contributed by atoms with van der Waals surface area (Å²) in [5, 5.41) is 2.72. The predicted molar refractivity (Wildman–Crippen MR) is 87.9 cm³/mol. The number of ether oxygens (including phenoxy) is 3. The Morgan fingerprint density at radius 2 is 1.92 bits per heavy atom. The minimum atomic E-state index is -0.601. The molecule has 0 bridgehead atoms. The fourth-order valence-corrected chi connectivity index (χ4v) is 2.64. The first kappa shape index (κ1) is 18.2. The fraction of sp³-hybridized carbons (Fsp3) is 0.529. The van der Waals surface area contributed by atoms with Gasteiger partial charge in [0.1, 0.15) is 11.8 Å². The quantitative estimate of drug-likeness (QED) is 0.792. The summed E-state index contributed by atoms with van der Waals surface area (Å²) in [6.07, 6.45) is -0.601. The lowest BCUT2D eigenvalue weighted by molar-refractivity contribution is -0.152. The number of esters is 1. The zero-order valence-electron chi connectivity index (χ0n) is 14.1. The highest BCUT2D eigenvalue weighted by molar-refractivity contribution is 5.78. The molecule has 0 aliphatic carbocycles. The Morgan fingerprint density at radius 3 is 2.54 bits per heavy atom. The van der Waals surface area contributed by atoms with Gasteiger partial charge in [0, 0.05) is 13.1 Å². The number of para-hydroxylation sites is 1. The molecule has 0 spiro atoms. The third kappa shape index (κ3) is 5.21. The third-order valence-corrected chi connectivity index (χ3v) is 3.74. The first-order valence-electron chi connectivity index (χ1n) is 8.13. The van der Waals surface area contributed by atoms with Gasteiger partial charge in [0.2, 0.25) is 0 Å². The van der Waals surface area contributed by atoms with Crippen molar-refractivity contribution in [3.8, 4) is 5.75 Å². The van der Waals surface area contributed by atoms with Crippen molar-refractivity contribution in [3.05, 3.63) is 30.3 Å². The van der Waals surface area contributed by atoms with Gasteiger partial charge in [0.15, 0.2) is 0 Å². The molecule has 2 unspecified atom stereocenters. The summed E-state index contributed by atoms with van der Waals surface area (Å²) < 4.78 is 15.7. The van der Waals surface area contributed by atoms with E-state index in [1.807, 2.05) is 11.0 Å². The molecule has 0 aromatic heterocycles. The molecule has 1 heterocycles. The van der Waals surface area contributed by atoms with Gasteiger partial charge in [-0.1, -0.05) is 18.2 Å². The van der Waals surface area contributed by atoms with Crippen molar-refractivity contribution in [1.29, 1.82) is 0 Å². The Morgan fingerprint density at radius 1 is 1.25 bits per heavy atom. The Bertz CT molecular complexity index is 531. The van der Waals surface area contributed by atoms with Crippen LogP contribution in [0.1, 0.15) is 13.8 Å². The molecule has 1 fully saturated rings. The van der Waals surface area contributed by atoms with Crippen LogP contribution in [0.3, 0.4) is 0 Å². The minimum absolute atomic E-state index is 0.293. The second kappa shape index (κ2) is 9.24. The average Bonchev–Trinajstić information content (AvgIpc) is 2.57. The summed E-state index contributed by atoms with van der Waals surface area (Å²) in [6.45, 7) is 6.15. The van der Waals surface area contributed by atoms with Crippen molar-refractivity contribution in [3.63, 3.8) is 0 Å². The fourth-order valence-electron chi connectivity index (χ4n) is 2.64. The molecule has 132 valence electrons. The summed E-state index contributed by atoms with van der Waals surface area (Å²) in [6, 6.07) is 7.74. The molecule has 2 rings (SSSR count). The van der Waals surface area contributed by atoms with E-state index in [0.717, 1.165) is 0 Å². The zero-order chi connectivity index (χ0) is 17.4. The molecule has 7 nitrogen and oxygen atoms in total. The summed E-state index contributed by atoms with van der Waals surface area (Å²) >= 11 is 0. The van der Waals surface area contributed by atoms with Crippen molar-refractivity contribution in [2.75, 3.05) is 32.9 Å². The van der Waals surface area contributed by atoms with Crippen LogP contribution >= 0.6 is 0 Å². The highest BCUT2D eigenvalue weighted by Crippen LogP contribution is 2.12. The van der Waals surface area contributed by atoms with Crippen LogP contribution in [0.5, 0.6) is 5.75 Å². The van der Waals surface area contributed by atoms with Gasteiger partial charge in [0.05, 0.1) is 25.9 Å². The number of carbonyl (C=O) groups excluding carboxylic acids is 2. The maximum absolute atomic E-state index is 12.3. The Balaban J connectivity index is 1.99. The highest BCUT2D eigenvalue weighted by Gasteiger charge is 2.34. The van der Waals surface area contributed by atoms with Gasteiger partial charge < -0.3 is 19.5 Å². The van der Waals surface area contributed by atoms with Gasteiger partial charge in [-0.3, -0.25) is 9.69 Å². The normalized spacial score (nSPS) is 17.6. The summed E-state index contributed by atoms with van der Waals surface area (Å²) in [5.74, 6) is 0.0909. The number of nitrogens with zero attached hydrogens (tertiary/aromatic N) is 1. The Labute approximate surface area is 141 Å². The second-order valence-corrected chi connectivity index (χ2v) is 5.48. The molecule has 1 N–H and O–H groups in total. The monoisotopic (exact) mass is 336 g/mol. The van der Waals surface area contributed by atoms with Gasteiger partial charge in [-0.05, 0) is 26.0 Å². The smallest absolute Gasteiger partial charge is 0.412 e. The minimum Gasteiger partial charge on any atom is -0.465 e. The van der Waals surface area contributed by atoms with Crippen LogP contribution in [0.15, 0.2) is 30.3 Å². The van der Waals surface area contributed by atoms with Gasteiger partial charge in [0.25, 0.3) is 0 Å². The van der Waals surface area contributed by atoms with E-state index in [0.29, 0.717) is 38.7 Å². The molecule has 1 aliphatic rings. The van der Waals surface area contributed by atoms with E-state index in [4.69, 9.17) is 14.2 Å². The molecular formula is C17H24N2O5. The van der Waals surface area contributed by atoms with E-state index in [9.17, 15) is 9.59 Å². The molecule has 1 aromatic rings. The SMILES string of the molecule is CCOC(=O)C(C(C)NC(=O)Oc1ccccc1)N1CCOCC1. The maximum atomic E-state index is 12.3. The molecule has 7 heteroatoms. The molecule has 1 saturated heterocycles. The number of carbonyl (C=O) groups is 2. The molecule has 1 aliphatic heterocycles. The summed E-state index contributed by atoms with van der Waals surface area (Å²) in [4.78, 5) is 26.4. The van der Waals surface area contributed by atoms with Gasteiger partial charge >= 0.3 is 12.1 Å². The van der Waals surface area contributed by atoms with E-state index in [1.54, 1.807) is 38.1 Å². The van der Waals surface area contributed by atoms with E-state index in [-0.39, 0.29) is 5.97 Å². The predicted octanol–water partition coefficient (Wildman–Crippen LogP) is 1.43. The van der Waals surface area contributed by atoms with Crippen LogP contribution in [0.4, 0.5) is 4.79 Å². The van der Waals surface area contributed by atoms with E-state index in [2.05, 4.69) is 5.32 Å². The van der Waals surface area contributed by atoms with Gasteiger partial charge in [-0.15, -0.1) is 0 Å². The number of rotatable bonds is 6. The van der Waals surface area contributed by atoms with Crippen LogP contribution in [0.2, 0.25) is 0 Å². The standard InChI is InChI=1S/C17H24N2O5/c1-3-23-16(20)15(19-9-11-22-12-10-19)13(2)18-17(21)24-14-7-5-4-6-8-14/h4-8,13,15H,3,9-12H2,1-2H3,(H,18,21). The van der Waals surface area contributed by atoms with E-state index in [1.165, 1.54) is 0 Å². The first-order chi connectivity index (χ1) is 11.6. The van der Waals surface area contributed by atoms with Gasteiger partial charge in [-0.25, -0.2) is 4.79 Å². The second-order valence-electron chi connectivity index (χ2n) is 5.48. The van der Waals surface area contributed by atoms with Crippen molar-refractivity contribution in [2.45, 2.75) is 25.9 Å². The summed E-state index contributed by atoms with van der Waals surface area (Å²) in [5.41, 5.74) is 0. The average molecular weight is 336 g/mol. The first-order valence-corrected chi connectivity index (χ1v) is 8.13. The number of hydrogen-bond acceptors (Lipinski definition) is 6. The van der Waals surface area contributed by atoms with E-state index < -0.39 is 18.2 Å². The van der Waals surface area contributed by atoms with Crippen molar-refractivity contribution < 1.29 is 23.8 Å². The number of morpholine rings is 1. The number of amides is 1. The van der Waals surface area contributed by atoms with Crippen LogP contribution in [-0.2, 0) is 14.3 Å². The van der Waals surface area contributed by atoms with Crippen LogP contribution in [0, 0.1) is 0 Å². The molecule has 1 amide bonds. The third-order valence-electron chi connectivity index (χ3n) is 3.74. The topological polar surface area (TPSA) is 77.1 Å². The lowest BCUT2D eigenvalue weighted by Crippen LogP contribution is -2.57. The Kier molecular flexibility index (Phi) is 7.02. The van der Waals surface area contributed by atoms with Crippen LogP contribution < -0.4 is 10.1 Å². The molecule has 2 atom stereocenters. The van der Waals surface area contributed by atoms with Crippen molar-refractivity contribution >= 4 is 12.1 Å². The highest BCUT2D eigenvalue weighted by atomic mass is 16.6. The molecule has 0 radical (unpaired) electrons. The van der Waals surface area contributed by atoms with Crippen LogP contribution in [-0.4, -0.2) is 62.0 Å². The number of benzene rings is 1. The lowest BCUT2D eigenvalue weighted by atomic mass is 10.1. The van der Waals surface area contributed by atoms with Crippen LogP contribution in [0.25, 0.3) is 0 Å². The molecule has 24 heavy (non-hydrogen) atoms. The summed E-state index contributed by atoms with van der Waals surface area (Å²) in [7, 11) is 0. The number of nitrogens with one attached hydrogen (secondary N) is 1. The molecule has 0 saturated carbocycles. The maximum Gasteiger partial charge on any atom is 0.412 e. The molecule has 1 aromatic carbocycles. The zero-order valence-corrected chi connectivity index (χ0v) is 14.1.